The SMILES string of the molecule is CCNC(=NCc1ccc(C(=O)OC)cc1)NCCCOCC(C)C. The Morgan fingerprint density at radius 2 is 1.92 bits per heavy atom. The molecule has 0 amide bonds. The number of nitrogens with one attached hydrogen (secondary N) is 2. The summed E-state index contributed by atoms with van der Waals surface area (Å²) >= 11 is 0. The summed E-state index contributed by atoms with van der Waals surface area (Å²) in [6.07, 6.45) is 0.935. The van der Waals surface area contributed by atoms with Crippen LogP contribution in [0.5, 0.6) is 0 Å². The van der Waals surface area contributed by atoms with Gasteiger partial charge < -0.3 is 20.1 Å². The van der Waals surface area contributed by atoms with Crippen LogP contribution >= 0.6 is 0 Å². The molecule has 2 N–H and O–H groups in total. The first kappa shape index (κ1) is 21.0. The van der Waals surface area contributed by atoms with Gasteiger partial charge in [-0.15, -0.1) is 0 Å². The molecular weight excluding hydrogens is 318 g/mol. The van der Waals surface area contributed by atoms with Crippen molar-refractivity contribution in [3.05, 3.63) is 35.4 Å². The Kier molecular flexibility index (Phi) is 10.3. The lowest BCUT2D eigenvalue weighted by atomic mass is 10.1. The van der Waals surface area contributed by atoms with E-state index in [0.717, 1.165) is 44.2 Å². The highest BCUT2D eigenvalue weighted by atomic mass is 16.5. The van der Waals surface area contributed by atoms with Crippen molar-refractivity contribution in [2.24, 2.45) is 10.9 Å². The Balaban J connectivity index is 2.42. The average Bonchev–Trinajstić information content (AvgIpc) is 2.62. The number of carbonyl (C=O) groups is 1. The van der Waals surface area contributed by atoms with Crippen LogP contribution in [0.3, 0.4) is 0 Å². The smallest absolute Gasteiger partial charge is 0.337 e. The number of benzene rings is 1. The largest absolute Gasteiger partial charge is 0.465 e. The molecule has 1 rings (SSSR count). The first-order chi connectivity index (χ1) is 12.1. The molecule has 0 saturated heterocycles. The van der Waals surface area contributed by atoms with Crippen LogP contribution in [0.4, 0.5) is 0 Å². The van der Waals surface area contributed by atoms with Crippen molar-refractivity contribution in [2.45, 2.75) is 33.7 Å². The molecule has 0 unspecified atom stereocenters. The second kappa shape index (κ2) is 12.3. The van der Waals surface area contributed by atoms with Crippen molar-refractivity contribution in [3.8, 4) is 0 Å². The number of ether oxygens (including phenoxy) is 2. The summed E-state index contributed by atoms with van der Waals surface area (Å²) in [7, 11) is 1.38. The summed E-state index contributed by atoms with van der Waals surface area (Å²) in [5.41, 5.74) is 1.58. The molecule has 0 heterocycles. The van der Waals surface area contributed by atoms with E-state index in [9.17, 15) is 4.79 Å². The first-order valence-corrected chi connectivity index (χ1v) is 8.84. The summed E-state index contributed by atoms with van der Waals surface area (Å²) in [4.78, 5) is 16.0. The molecule has 25 heavy (non-hydrogen) atoms. The van der Waals surface area contributed by atoms with E-state index in [2.05, 4.69) is 29.5 Å². The highest BCUT2D eigenvalue weighted by Crippen LogP contribution is 2.06. The molecule has 6 heteroatoms. The fourth-order valence-corrected chi connectivity index (χ4v) is 2.08. The Morgan fingerprint density at radius 1 is 1.20 bits per heavy atom. The first-order valence-electron chi connectivity index (χ1n) is 8.84. The van der Waals surface area contributed by atoms with Gasteiger partial charge in [0.15, 0.2) is 5.96 Å². The molecule has 1 aromatic rings. The lowest BCUT2D eigenvalue weighted by Crippen LogP contribution is -2.38. The molecule has 0 aliphatic heterocycles. The number of carbonyl (C=O) groups excluding carboxylic acids is 1. The maximum atomic E-state index is 11.4. The molecule has 0 fully saturated rings. The van der Waals surface area contributed by atoms with Crippen LogP contribution < -0.4 is 10.6 Å². The van der Waals surface area contributed by atoms with Crippen LogP contribution in [-0.4, -0.2) is 45.3 Å². The molecule has 0 bridgehead atoms. The number of methoxy groups -OCH3 is 1. The number of nitrogens with zero attached hydrogens (tertiary/aromatic N) is 1. The Labute approximate surface area is 151 Å². The van der Waals surface area contributed by atoms with Crippen molar-refractivity contribution >= 4 is 11.9 Å². The second-order valence-corrected chi connectivity index (χ2v) is 6.13. The molecule has 0 aliphatic carbocycles. The van der Waals surface area contributed by atoms with Crippen molar-refractivity contribution in [1.29, 1.82) is 0 Å². The number of hydrogen-bond acceptors (Lipinski definition) is 4. The molecule has 0 atom stereocenters. The Morgan fingerprint density at radius 3 is 2.52 bits per heavy atom. The number of aliphatic imine (C=N–C) groups is 1. The van der Waals surface area contributed by atoms with E-state index in [0.29, 0.717) is 18.0 Å². The molecule has 0 radical (unpaired) electrons. The molecule has 0 saturated carbocycles. The third-order valence-electron chi connectivity index (χ3n) is 3.35. The summed E-state index contributed by atoms with van der Waals surface area (Å²) < 4.78 is 10.3. The van der Waals surface area contributed by atoms with Gasteiger partial charge in [-0.25, -0.2) is 9.79 Å². The number of guanidine groups is 1. The van der Waals surface area contributed by atoms with Crippen molar-refractivity contribution in [3.63, 3.8) is 0 Å². The third kappa shape index (κ3) is 9.10. The van der Waals surface area contributed by atoms with E-state index in [4.69, 9.17) is 9.47 Å². The van der Waals surface area contributed by atoms with E-state index >= 15 is 0 Å². The van der Waals surface area contributed by atoms with Gasteiger partial charge in [0.1, 0.15) is 0 Å². The van der Waals surface area contributed by atoms with Gasteiger partial charge in [0.2, 0.25) is 0 Å². The van der Waals surface area contributed by atoms with Crippen LogP contribution in [0.15, 0.2) is 29.3 Å². The van der Waals surface area contributed by atoms with Crippen LogP contribution in [0, 0.1) is 5.92 Å². The van der Waals surface area contributed by atoms with Crippen molar-refractivity contribution in [1.82, 2.24) is 10.6 Å². The molecule has 0 aliphatic rings. The number of hydrogen-bond donors (Lipinski definition) is 2. The van der Waals surface area contributed by atoms with E-state index in [-0.39, 0.29) is 5.97 Å². The third-order valence-corrected chi connectivity index (χ3v) is 3.35. The maximum Gasteiger partial charge on any atom is 0.337 e. The highest BCUT2D eigenvalue weighted by Gasteiger charge is 2.04. The second-order valence-electron chi connectivity index (χ2n) is 6.13. The van der Waals surface area contributed by atoms with Gasteiger partial charge in [0.05, 0.1) is 19.2 Å². The lowest BCUT2D eigenvalue weighted by Gasteiger charge is -2.12. The van der Waals surface area contributed by atoms with Crippen molar-refractivity contribution < 1.29 is 14.3 Å². The summed E-state index contributed by atoms with van der Waals surface area (Å²) in [5, 5.41) is 6.53. The average molecular weight is 349 g/mol. The number of rotatable bonds is 10. The predicted molar refractivity (Wildman–Crippen MR) is 101 cm³/mol. The standard InChI is InChI=1S/C19H31N3O3/c1-5-20-19(21-11-6-12-25-14-15(2)3)22-13-16-7-9-17(10-8-16)18(23)24-4/h7-10,15H,5-6,11-14H2,1-4H3,(H2,20,21,22). The van der Waals surface area contributed by atoms with Gasteiger partial charge in [-0.2, -0.15) is 0 Å². The van der Waals surface area contributed by atoms with E-state index in [1.165, 1.54) is 7.11 Å². The normalized spacial score (nSPS) is 11.5. The van der Waals surface area contributed by atoms with Gasteiger partial charge >= 0.3 is 5.97 Å². The molecular formula is C19H31N3O3. The van der Waals surface area contributed by atoms with Gasteiger partial charge in [-0.3, -0.25) is 0 Å². The monoisotopic (exact) mass is 349 g/mol. The fraction of sp³-hybridized carbons (Fsp3) is 0.579. The molecule has 0 aromatic heterocycles. The summed E-state index contributed by atoms with van der Waals surface area (Å²) in [6, 6.07) is 7.28. The summed E-state index contributed by atoms with van der Waals surface area (Å²) in [5.74, 6) is 1.02. The van der Waals surface area contributed by atoms with Gasteiger partial charge in [-0.05, 0) is 37.0 Å². The van der Waals surface area contributed by atoms with E-state index in [1.54, 1.807) is 12.1 Å². The van der Waals surface area contributed by atoms with Gasteiger partial charge in [0, 0.05) is 26.3 Å². The summed E-state index contributed by atoms with van der Waals surface area (Å²) in [6.45, 7) is 10.0. The predicted octanol–water partition coefficient (Wildman–Crippen LogP) is 2.59. The minimum atomic E-state index is -0.329. The minimum absolute atomic E-state index is 0.329. The molecule has 6 nitrogen and oxygen atoms in total. The molecule has 1 aromatic carbocycles. The van der Waals surface area contributed by atoms with E-state index in [1.807, 2.05) is 19.1 Å². The van der Waals surface area contributed by atoms with E-state index < -0.39 is 0 Å². The Hall–Kier alpha value is -2.08. The fourth-order valence-electron chi connectivity index (χ4n) is 2.08. The van der Waals surface area contributed by atoms with Gasteiger partial charge in [0.25, 0.3) is 0 Å². The lowest BCUT2D eigenvalue weighted by molar-refractivity contribution is 0.0600. The quantitative estimate of drug-likeness (QED) is 0.294. The van der Waals surface area contributed by atoms with Crippen LogP contribution in [-0.2, 0) is 16.0 Å². The zero-order valence-corrected chi connectivity index (χ0v) is 15.8. The number of esters is 1. The topological polar surface area (TPSA) is 72.0 Å². The van der Waals surface area contributed by atoms with Crippen LogP contribution in [0.25, 0.3) is 0 Å². The minimum Gasteiger partial charge on any atom is -0.465 e. The zero-order valence-electron chi connectivity index (χ0n) is 15.8. The Bertz CT molecular complexity index is 527. The molecule has 0 spiro atoms. The van der Waals surface area contributed by atoms with Crippen LogP contribution in [0.1, 0.15) is 43.1 Å². The van der Waals surface area contributed by atoms with Crippen molar-refractivity contribution in [2.75, 3.05) is 33.4 Å². The maximum absolute atomic E-state index is 11.4. The molecule has 140 valence electrons. The van der Waals surface area contributed by atoms with Crippen LogP contribution in [0.2, 0.25) is 0 Å². The van der Waals surface area contributed by atoms with Gasteiger partial charge in [-0.1, -0.05) is 26.0 Å². The zero-order chi connectivity index (χ0) is 18.5. The highest BCUT2D eigenvalue weighted by molar-refractivity contribution is 5.89.